The number of hydrogen-bond acceptors (Lipinski definition) is 5. The van der Waals surface area contributed by atoms with Gasteiger partial charge in [-0.05, 0) is 25.0 Å². The first-order chi connectivity index (χ1) is 9.88. The molecule has 0 radical (unpaired) electrons. The minimum absolute atomic E-state index is 0.0384. The molecule has 3 N–H and O–H groups in total. The molecule has 1 aromatic heterocycles. The lowest BCUT2D eigenvalue weighted by Crippen LogP contribution is -2.32. The fourth-order valence-electron chi connectivity index (χ4n) is 1.57. The smallest absolute Gasteiger partial charge is 0.337 e. The van der Waals surface area contributed by atoms with Gasteiger partial charge in [0.2, 0.25) is 5.91 Å². The Labute approximate surface area is 121 Å². The lowest BCUT2D eigenvalue weighted by Gasteiger charge is -2.06. The highest BCUT2D eigenvalue weighted by Gasteiger charge is 2.23. The van der Waals surface area contributed by atoms with Crippen LogP contribution >= 0.6 is 0 Å². The highest BCUT2D eigenvalue weighted by molar-refractivity contribution is 7.89. The van der Waals surface area contributed by atoms with Crippen molar-refractivity contribution in [3.63, 3.8) is 0 Å². The van der Waals surface area contributed by atoms with E-state index in [1.165, 1.54) is 0 Å². The topological polar surface area (TPSA) is 125 Å². The highest BCUT2D eigenvalue weighted by Crippen LogP contribution is 2.18. The van der Waals surface area contributed by atoms with Crippen molar-refractivity contribution in [1.29, 1.82) is 0 Å². The van der Waals surface area contributed by atoms with Gasteiger partial charge in [-0.15, -0.1) is 0 Å². The van der Waals surface area contributed by atoms with Crippen LogP contribution in [0.4, 0.5) is 0 Å². The maximum Gasteiger partial charge on any atom is 0.337 e. The first-order valence-corrected chi connectivity index (χ1v) is 7.85. The van der Waals surface area contributed by atoms with E-state index in [2.05, 4.69) is 15.0 Å². The van der Waals surface area contributed by atoms with Gasteiger partial charge in [0.05, 0.1) is 5.56 Å². The molecule has 0 unspecified atom stereocenters. The summed E-state index contributed by atoms with van der Waals surface area (Å²) in [6, 6.07) is 2.50. The second kappa shape index (κ2) is 6.19. The van der Waals surface area contributed by atoms with Crippen molar-refractivity contribution in [2.24, 2.45) is 0 Å². The largest absolute Gasteiger partial charge is 0.478 e. The third-order valence-corrected chi connectivity index (χ3v) is 4.22. The van der Waals surface area contributed by atoms with Gasteiger partial charge in [-0.25, -0.2) is 22.9 Å². The molecule has 1 aliphatic rings. The summed E-state index contributed by atoms with van der Waals surface area (Å²) in [4.78, 5) is 25.7. The Balaban J connectivity index is 1.88. The Morgan fingerprint density at radius 1 is 1.33 bits per heavy atom. The molecule has 0 aliphatic heterocycles. The van der Waals surface area contributed by atoms with E-state index in [-0.39, 0.29) is 35.5 Å². The van der Waals surface area contributed by atoms with Crippen LogP contribution in [0.5, 0.6) is 0 Å². The van der Waals surface area contributed by atoms with Crippen LogP contribution in [0.25, 0.3) is 0 Å². The molecule has 0 spiro atoms. The van der Waals surface area contributed by atoms with E-state index in [1.807, 2.05) is 0 Å². The van der Waals surface area contributed by atoms with Crippen LogP contribution in [0, 0.1) is 0 Å². The van der Waals surface area contributed by atoms with Crippen LogP contribution in [0.15, 0.2) is 23.4 Å². The number of aromatic nitrogens is 1. The number of pyridine rings is 1. The van der Waals surface area contributed by atoms with E-state index in [1.54, 1.807) is 0 Å². The minimum Gasteiger partial charge on any atom is -0.478 e. The van der Waals surface area contributed by atoms with Gasteiger partial charge in [-0.1, -0.05) is 0 Å². The molecule has 9 heteroatoms. The Bertz CT molecular complexity index is 637. The Morgan fingerprint density at radius 3 is 2.57 bits per heavy atom. The number of rotatable bonds is 7. The van der Waals surface area contributed by atoms with Gasteiger partial charge in [0.25, 0.3) is 10.0 Å². The zero-order valence-electron chi connectivity index (χ0n) is 11.1. The average Bonchev–Trinajstić information content (AvgIpc) is 3.22. The van der Waals surface area contributed by atoms with E-state index in [0.717, 1.165) is 31.2 Å². The second-order valence-electron chi connectivity index (χ2n) is 4.68. The van der Waals surface area contributed by atoms with Gasteiger partial charge in [-0.2, -0.15) is 0 Å². The number of hydrogen-bond donors (Lipinski definition) is 3. The number of carboxylic acid groups (broad SMARTS) is 1. The molecule has 114 valence electrons. The lowest BCUT2D eigenvalue weighted by atomic mass is 10.3. The monoisotopic (exact) mass is 313 g/mol. The van der Waals surface area contributed by atoms with Crippen molar-refractivity contribution in [3.8, 4) is 0 Å². The van der Waals surface area contributed by atoms with Gasteiger partial charge in [0.1, 0.15) is 0 Å². The molecule has 0 aromatic carbocycles. The van der Waals surface area contributed by atoms with Crippen LogP contribution in [-0.2, 0) is 14.8 Å². The fraction of sp³-hybridized carbons (Fsp3) is 0.417. The molecule has 1 amide bonds. The van der Waals surface area contributed by atoms with Crippen LogP contribution in [0.2, 0.25) is 0 Å². The summed E-state index contributed by atoms with van der Waals surface area (Å²) < 4.78 is 26.0. The molecule has 2 rings (SSSR count). The predicted molar refractivity (Wildman–Crippen MR) is 72.2 cm³/mol. The van der Waals surface area contributed by atoms with Crippen molar-refractivity contribution < 1.29 is 23.1 Å². The fourth-order valence-corrected chi connectivity index (χ4v) is 2.52. The third-order valence-electron chi connectivity index (χ3n) is 2.85. The lowest BCUT2D eigenvalue weighted by molar-refractivity contribution is -0.121. The van der Waals surface area contributed by atoms with E-state index in [9.17, 15) is 18.0 Å². The molecule has 21 heavy (non-hydrogen) atoms. The number of carboxylic acids is 1. The van der Waals surface area contributed by atoms with Crippen molar-refractivity contribution in [2.45, 2.75) is 30.3 Å². The van der Waals surface area contributed by atoms with Gasteiger partial charge < -0.3 is 10.4 Å². The number of nitrogens with zero attached hydrogens (tertiary/aromatic N) is 1. The first kappa shape index (κ1) is 15.4. The van der Waals surface area contributed by atoms with E-state index < -0.39 is 16.0 Å². The molecule has 1 heterocycles. The second-order valence-corrected chi connectivity index (χ2v) is 6.39. The maximum atomic E-state index is 11.9. The Morgan fingerprint density at radius 2 is 2.05 bits per heavy atom. The highest BCUT2D eigenvalue weighted by atomic mass is 32.2. The van der Waals surface area contributed by atoms with Crippen molar-refractivity contribution >= 4 is 21.9 Å². The quantitative estimate of drug-likeness (QED) is 0.636. The number of sulfonamides is 1. The molecule has 8 nitrogen and oxygen atoms in total. The molecular formula is C12H15N3O5S. The Hall–Kier alpha value is -2.00. The van der Waals surface area contributed by atoms with Crippen molar-refractivity contribution in [2.75, 3.05) is 6.54 Å². The third kappa shape index (κ3) is 4.50. The van der Waals surface area contributed by atoms with E-state index in [0.29, 0.717) is 0 Å². The van der Waals surface area contributed by atoms with Crippen LogP contribution in [0.1, 0.15) is 29.6 Å². The van der Waals surface area contributed by atoms with E-state index >= 15 is 0 Å². The van der Waals surface area contributed by atoms with Gasteiger partial charge in [0.15, 0.2) is 5.03 Å². The molecular weight excluding hydrogens is 298 g/mol. The maximum absolute atomic E-state index is 11.9. The summed E-state index contributed by atoms with van der Waals surface area (Å²) in [6.07, 6.45) is 2.95. The van der Waals surface area contributed by atoms with Gasteiger partial charge in [-0.3, -0.25) is 4.79 Å². The standard InChI is InChI=1S/C12H15N3O5S/c16-10(15-9-2-3-9)5-6-14-21(19,20)11-4-1-8(7-13-11)12(17)18/h1,4,7,9,14H,2-3,5-6H2,(H,15,16)(H,17,18). The molecule has 0 atom stereocenters. The summed E-state index contributed by atoms with van der Waals surface area (Å²) in [6.45, 7) is -0.0384. The zero-order valence-corrected chi connectivity index (χ0v) is 11.9. The molecule has 1 saturated carbocycles. The number of aromatic carboxylic acids is 1. The average molecular weight is 313 g/mol. The number of nitrogens with one attached hydrogen (secondary N) is 2. The number of carbonyl (C=O) groups is 2. The number of carbonyl (C=O) groups excluding carboxylic acids is 1. The number of amides is 1. The Kier molecular flexibility index (Phi) is 4.53. The van der Waals surface area contributed by atoms with Gasteiger partial charge in [0, 0.05) is 25.2 Å². The normalized spacial score (nSPS) is 14.7. The summed E-state index contributed by atoms with van der Waals surface area (Å²) >= 11 is 0. The molecule has 0 bridgehead atoms. The van der Waals surface area contributed by atoms with Crippen molar-refractivity contribution in [1.82, 2.24) is 15.0 Å². The molecule has 0 saturated heterocycles. The summed E-state index contributed by atoms with van der Waals surface area (Å²) in [5.41, 5.74) is -0.0993. The van der Waals surface area contributed by atoms with Gasteiger partial charge >= 0.3 is 5.97 Å². The van der Waals surface area contributed by atoms with Crippen LogP contribution in [-0.4, -0.2) is 43.0 Å². The SMILES string of the molecule is O=C(CCNS(=O)(=O)c1ccc(C(=O)O)cn1)NC1CC1. The minimum atomic E-state index is -3.85. The molecule has 1 fully saturated rings. The summed E-state index contributed by atoms with van der Waals surface area (Å²) in [5, 5.41) is 11.2. The van der Waals surface area contributed by atoms with E-state index in [4.69, 9.17) is 5.11 Å². The zero-order chi connectivity index (χ0) is 15.5. The summed E-state index contributed by atoms with van der Waals surface area (Å²) in [5.74, 6) is -1.38. The molecule has 1 aliphatic carbocycles. The first-order valence-electron chi connectivity index (χ1n) is 6.37. The van der Waals surface area contributed by atoms with Crippen molar-refractivity contribution in [3.05, 3.63) is 23.9 Å². The summed E-state index contributed by atoms with van der Waals surface area (Å²) in [7, 11) is -3.85. The molecule has 1 aromatic rings. The predicted octanol–water partition coefficient (Wildman–Crippen LogP) is -0.273. The van der Waals surface area contributed by atoms with Crippen LogP contribution < -0.4 is 10.0 Å². The van der Waals surface area contributed by atoms with Crippen LogP contribution in [0.3, 0.4) is 0 Å².